The van der Waals surface area contributed by atoms with Gasteiger partial charge < -0.3 is 20.5 Å². The summed E-state index contributed by atoms with van der Waals surface area (Å²) in [7, 11) is 0. The van der Waals surface area contributed by atoms with Crippen LogP contribution in [-0.4, -0.2) is 58.8 Å². The van der Waals surface area contributed by atoms with Crippen LogP contribution in [0.3, 0.4) is 0 Å². The van der Waals surface area contributed by atoms with Crippen molar-refractivity contribution in [3.63, 3.8) is 0 Å². The van der Waals surface area contributed by atoms with Crippen molar-refractivity contribution in [2.24, 2.45) is 0 Å². The van der Waals surface area contributed by atoms with Crippen LogP contribution in [0.5, 0.6) is 0 Å². The number of hydrogen-bond acceptors (Lipinski definition) is 6. The number of halogens is 1. The molecule has 2 aliphatic rings. The Morgan fingerprint density at radius 2 is 1.86 bits per heavy atom. The van der Waals surface area contributed by atoms with Gasteiger partial charge >= 0.3 is 18.1 Å². The van der Waals surface area contributed by atoms with Crippen molar-refractivity contribution in [2.75, 3.05) is 13.1 Å². The number of carboxylic acid groups (broad SMARTS) is 1. The van der Waals surface area contributed by atoms with E-state index in [1.165, 1.54) is 0 Å². The van der Waals surface area contributed by atoms with E-state index in [0.717, 1.165) is 10.5 Å². The van der Waals surface area contributed by atoms with E-state index < -0.39 is 42.1 Å². The van der Waals surface area contributed by atoms with Gasteiger partial charge in [-0.25, -0.2) is 14.5 Å². The number of nitrogens with one attached hydrogen (secondary N) is 3. The maximum Gasteiger partial charge on any atom is 0.409 e. The Hall–Kier alpha value is -2.85. The summed E-state index contributed by atoms with van der Waals surface area (Å²) in [5, 5.41) is 17.3. The molecule has 2 aliphatic heterocycles. The molecule has 11 heteroatoms. The van der Waals surface area contributed by atoms with Gasteiger partial charge in [-0.15, -0.1) is 12.4 Å². The van der Waals surface area contributed by atoms with Crippen LogP contribution < -0.4 is 16.0 Å². The van der Waals surface area contributed by atoms with Crippen LogP contribution in [0.4, 0.5) is 9.59 Å². The minimum atomic E-state index is -1.34. The molecule has 1 aromatic carbocycles. The third kappa shape index (κ3) is 5.15. The van der Waals surface area contributed by atoms with Gasteiger partial charge in [-0.2, -0.15) is 0 Å². The molecule has 0 aromatic heterocycles. The number of nitrogens with zero attached hydrogens (tertiary/aromatic N) is 1. The summed E-state index contributed by atoms with van der Waals surface area (Å²) in [6, 6.07) is 8.20. The highest BCUT2D eigenvalue weighted by atomic mass is 35.5. The van der Waals surface area contributed by atoms with Gasteiger partial charge in [0.15, 0.2) is 0 Å². The van der Waals surface area contributed by atoms with Gasteiger partial charge in [0.2, 0.25) is 0 Å². The summed E-state index contributed by atoms with van der Waals surface area (Å²) in [5.41, 5.74) is -0.314. The van der Waals surface area contributed by atoms with Crippen molar-refractivity contribution in [1.82, 2.24) is 20.9 Å². The Morgan fingerprint density at radius 1 is 1.21 bits per heavy atom. The topological polar surface area (TPSA) is 137 Å². The summed E-state index contributed by atoms with van der Waals surface area (Å²) in [6.07, 6.45) is -2.10. The van der Waals surface area contributed by atoms with E-state index in [1.807, 2.05) is 6.07 Å². The molecule has 0 radical (unpaired) electrons. The smallest absolute Gasteiger partial charge is 0.409 e. The normalized spacial score (nSPS) is 18.6. The van der Waals surface area contributed by atoms with Crippen LogP contribution in [0, 0.1) is 0 Å². The number of rotatable bonds is 6. The van der Waals surface area contributed by atoms with E-state index in [9.17, 15) is 19.2 Å². The van der Waals surface area contributed by atoms with Gasteiger partial charge in [0.1, 0.15) is 18.3 Å². The van der Waals surface area contributed by atoms with Gasteiger partial charge in [0.25, 0.3) is 5.91 Å². The Morgan fingerprint density at radius 3 is 2.48 bits per heavy atom. The Balaban J connectivity index is 0.00000300. The minimum absolute atomic E-state index is 0. The van der Waals surface area contributed by atoms with Gasteiger partial charge in [0, 0.05) is 0 Å². The standard InChI is InChI=1S/C18H22N4O6.ClH/c23-14(24)10-13(20-17(27)28-11-12-4-2-1-3-5-12)22-15(25)18(21-16(22)26)6-8-19-9-7-18;/h1-5,13,19H,6-11H2,(H,20,27)(H,21,26)(H,23,24);1H. The molecule has 29 heavy (non-hydrogen) atoms. The molecule has 3 rings (SSSR count). The SMILES string of the molecule is Cl.O=C(O)CC(NC(=O)OCc1ccccc1)N1C(=O)NC2(CCNCC2)C1=O. The minimum Gasteiger partial charge on any atom is -0.481 e. The van der Waals surface area contributed by atoms with E-state index in [2.05, 4.69) is 16.0 Å². The third-order valence-corrected chi connectivity index (χ3v) is 4.83. The van der Waals surface area contributed by atoms with Gasteiger partial charge in [-0.3, -0.25) is 14.9 Å². The number of carbonyl (C=O) groups is 4. The number of alkyl carbamates (subject to hydrolysis) is 1. The summed E-state index contributed by atoms with van der Waals surface area (Å²) in [5.74, 6) is -1.80. The fraction of sp³-hybridized carbons (Fsp3) is 0.444. The second kappa shape index (κ2) is 9.57. The maximum atomic E-state index is 12.9. The average molecular weight is 427 g/mol. The van der Waals surface area contributed by atoms with Crippen molar-refractivity contribution >= 4 is 36.4 Å². The number of ether oxygens (including phenoxy) is 1. The second-order valence-corrected chi connectivity index (χ2v) is 6.76. The second-order valence-electron chi connectivity index (χ2n) is 6.76. The highest BCUT2D eigenvalue weighted by molar-refractivity contribution is 6.07. The molecule has 2 fully saturated rings. The molecular weight excluding hydrogens is 404 g/mol. The number of benzene rings is 1. The molecule has 1 atom stereocenters. The quantitative estimate of drug-likeness (QED) is 0.494. The zero-order valence-electron chi connectivity index (χ0n) is 15.6. The zero-order valence-corrected chi connectivity index (χ0v) is 16.4. The maximum absolute atomic E-state index is 12.9. The fourth-order valence-electron chi connectivity index (χ4n) is 3.39. The third-order valence-electron chi connectivity index (χ3n) is 4.83. The zero-order chi connectivity index (χ0) is 20.1. The van der Waals surface area contributed by atoms with Crippen LogP contribution in [0.25, 0.3) is 0 Å². The molecular formula is C18H23ClN4O6. The first-order chi connectivity index (χ1) is 13.4. The molecule has 0 aliphatic carbocycles. The summed E-state index contributed by atoms with van der Waals surface area (Å²) < 4.78 is 5.08. The van der Waals surface area contributed by atoms with Crippen molar-refractivity contribution in [1.29, 1.82) is 0 Å². The predicted octanol–water partition coefficient (Wildman–Crippen LogP) is 0.809. The molecule has 1 spiro atoms. The summed E-state index contributed by atoms with van der Waals surface area (Å²) in [4.78, 5) is 49.5. The number of carbonyl (C=O) groups excluding carboxylic acids is 3. The number of aliphatic carboxylic acids is 1. The van der Waals surface area contributed by atoms with Crippen molar-refractivity contribution in [3.8, 4) is 0 Å². The number of carboxylic acids is 1. The van der Waals surface area contributed by atoms with Gasteiger partial charge in [0.05, 0.1) is 6.42 Å². The number of hydrogen-bond donors (Lipinski definition) is 4. The highest BCUT2D eigenvalue weighted by Crippen LogP contribution is 2.28. The molecule has 0 saturated carbocycles. The molecule has 4 N–H and O–H groups in total. The molecule has 1 unspecified atom stereocenters. The first-order valence-corrected chi connectivity index (χ1v) is 8.97. The lowest BCUT2D eigenvalue weighted by Gasteiger charge is -2.32. The number of imide groups is 1. The lowest BCUT2D eigenvalue weighted by atomic mass is 9.88. The predicted molar refractivity (Wildman–Crippen MR) is 103 cm³/mol. The monoisotopic (exact) mass is 426 g/mol. The molecule has 2 saturated heterocycles. The summed E-state index contributed by atoms with van der Waals surface area (Å²) in [6.45, 7) is 1.08. The van der Waals surface area contributed by atoms with Gasteiger partial charge in [-0.1, -0.05) is 30.3 Å². The number of urea groups is 1. The van der Waals surface area contributed by atoms with Gasteiger partial charge in [-0.05, 0) is 31.5 Å². The van der Waals surface area contributed by atoms with Crippen LogP contribution in [0.2, 0.25) is 0 Å². The van der Waals surface area contributed by atoms with Crippen molar-refractivity contribution < 1.29 is 29.0 Å². The lowest BCUT2D eigenvalue weighted by molar-refractivity contribution is -0.140. The molecule has 2 heterocycles. The van der Waals surface area contributed by atoms with E-state index in [1.54, 1.807) is 24.3 Å². The molecule has 158 valence electrons. The van der Waals surface area contributed by atoms with Crippen LogP contribution >= 0.6 is 12.4 Å². The van der Waals surface area contributed by atoms with E-state index in [0.29, 0.717) is 25.9 Å². The molecule has 4 amide bonds. The van der Waals surface area contributed by atoms with E-state index in [-0.39, 0.29) is 19.0 Å². The fourth-order valence-corrected chi connectivity index (χ4v) is 3.39. The van der Waals surface area contributed by atoms with E-state index >= 15 is 0 Å². The Labute approximate surface area is 173 Å². The van der Waals surface area contributed by atoms with Crippen molar-refractivity contribution in [3.05, 3.63) is 35.9 Å². The van der Waals surface area contributed by atoms with E-state index in [4.69, 9.17) is 9.84 Å². The van der Waals surface area contributed by atoms with Crippen LogP contribution in [-0.2, 0) is 20.9 Å². The largest absolute Gasteiger partial charge is 0.481 e. The first kappa shape index (κ1) is 22.4. The number of piperidine rings is 1. The highest BCUT2D eigenvalue weighted by Gasteiger charge is 2.54. The number of amides is 4. The van der Waals surface area contributed by atoms with Crippen LogP contribution in [0.1, 0.15) is 24.8 Å². The average Bonchev–Trinajstić information content (AvgIpc) is 2.90. The summed E-state index contributed by atoms with van der Waals surface area (Å²) >= 11 is 0. The Bertz CT molecular complexity index is 769. The Kier molecular flexibility index (Phi) is 7.40. The first-order valence-electron chi connectivity index (χ1n) is 8.97. The molecule has 0 bridgehead atoms. The molecule has 1 aromatic rings. The van der Waals surface area contributed by atoms with Crippen molar-refractivity contribution in [2.45, 2.75) is 37.6 Å². The lowest BCUT2D eigenvalue weighted by Crippen LogP contribution is -2.56. The molecule has 10 nitrogen and oxygen atoms in total. The van der Waals surface area contributed by atoms with Crippen LogP contribution in [0.15, 0.2) is 30.3 Å².